The minimum atomic E-state index is -0.968. The van der Waals surface area contributed by atoms with Crippen molar-refractivity contribution < 1.29 is 19.4 Å². The molecule has 1 atom stereocenters. The highest BCUT2D eigenvalue weighted by Gasteiger charge is 2.18. The van der Waals surface area contributed by atoms with E-state index in [1.165, 1.54) is 11.3 Å². The SMILES string of the molecule is O=C(O)C=Cc1ccc(CNC(=O)CC2CCCO2)s1. The maximum Gasteiger partial charge on any atom is 0.328 e. The number of hydrogen-bond acceptors (Lipinski definition) is 4. The number of aliphatic carboxylic acids is 1. The Balaban J connectivity index is 1.75. The summed E-state index contributed by atoms with van der Waals surface area (Å²) in [5, 5.41) is 11.4. The molecule has 0 saturated carbocycles. The van der Waals surface area contributed by atoms with Crippen molar-refractivity contribution in [3.05, 3.63) is 28.0 Å². The molecule has 20 heavy (non-hydrogen) atoms. The van der Waals surface area contributed by atoms with Crippen LogP contribution in [0, 0.1) is 0 Å². The Bertz CT molecular complexity index is 503. The third-order valence-corrected chi connectivity index (χ3v) is 4.02. The fourth-order valence-electron chi connectivity index (χ4n) is 2.00. The number of carbonyl (C=O) groups is 2. The van der Waals surface area contributed by atoms with Crippen molar-refractivity contribution in [2.24, 2.45) is 0 Å². The molecule has 1 aromatic heterocycles. The van der Waals surface area contributed by atoms with Crippen molar-refractivity contribution in [3.8, 4) is 0 Å². The first-order valence-electron chi connectivity index (χ1n) is 6.51. The number of rotatable bonds is 6. The van der Waals surface area contributed by atoms with Crippen LogP contribution in [0.4, 0.5) is 0 Å². The Kier molecular flexibility index (Phi) is 5.31. The highest BCUT2D eigenvalue weighted by Crippen LogP contribution is 2.18. The molecule has 1 amide bonds. The van der Waals surface area contributed by atoms with Crippen molar-refractivity contribution in [1.29, 1.82) is 0 Å². The predicted molar refractivity (Wildman–Crippen MR) is 76.4 cm³/mol. The minimum Gasteiger partial charge on any atom is -0.478 e. The Morgan fingerprint density at radius 1 is 1.50 bits per heavy atom. The molecular weight excluding hydrogens is 278 g/mol. The van der Waals surface area contributed by atoms with Crippen molar-refractivity contribution in [2.45, 2.75) is 31.9 Å². The zero-order chi connectivity index (χ0) is 14.4. The Morgan fingerprint density at radius 2 is 2.35 bits per heavy atom. The number of amides is 1. The molecule has 2 N–H and O–H groups in total. The largest absolute Gasteiger partial charge is 0.478 e. The topological polar surface area (TPSA) is 75.6 Å². The summed E-state index contributed by atoms with van der Waals surface area (Å²) in [6.45, 7) is 1.22. The maximum atomic E-state index is 11.7. The fourth-order valence-corrected chi connectivity index (χ4v) is 2.86. The molecule has 1 aromatic rings. The molecule has 108 valence electrons. The van der Waals surface area contributed by atoms with Crippen LogP contribution >= 0.6 is 11.3 Å². The minimum absolute atomic E-state index is 0.00655. The first-order chi connectivity index (χ1) is 9.63. The van der Waals surface area contributed by atoms with Crippen LogP contribution in [0.15, 0.2) is 18.2 Å². The second-order valence-corrected chi connectivity index (χ2v) is 5.79. The van der Waals surface area contributed by atoms with Crippen molar-refractivity contribution in [1.82, 2.24) is 5.32 Å². The van der Waals surface area contributed by atoms with Gasteiger partial charge in [-0.3, -0.25) is 4.79 Å². The summed E-state index contributed by atoms with van der Waals surface area (Å²) >= 11 is 1.46. The van der Waals surface area contributed by atoms with Crippen LogP contribution in [0.3, 0.4) is 0 Å². The van der Waals surface area contributed by atoms with Crippen LogP contribution in [0.5, 0.6) is 0 Å². The van der Waals surface area contributed by atoms with Gasteiger partial charge in [-0.15, -0.1) is 11.3 Å². The van der Waals surface area contributed by atoms with Crippen molar-refractivity contribution in [3.63, 3.8) is 0 Å². The van der Waals surface area contributed by atoms with Gasteiger partial charge >= 0.3 is 5.97 Å². The van der Waals surface area contributed by atoms with E-state index in [0.717, 1.165) is 35.3 Å². The summed E-state index contributed by atoms with van der Waals surface area (Å²) in [6.07, 6.45) is 5.11. The summed E-state index contributed by atoms with van der Waals surface area (Å²) in [7, 11) is 0. The van der Waals surface area contributed by atoms with Crippen LogP contribution in [0.2, 0.25) is 0 Å². The van der Waals surface area contributed by atoms with Gasteiger partial charge < -0.3 is 15.2 Å². The Labute approximate surface area is 121 Å². The lowest BCUT2D eigenvalue weighted by Gasteiger charge is -2.08. The zero-order valence-electron chi connectivity index (χ0n) is 11.0. The summed E-state index contributed by atoms with van der Waals surface area (Å²) in [5.74, 6) is -0.974. The number of ether oxygens (including phenoxy) is 1. The quantitative estimate of drug-likeness (QED) is 0.787. The second-order valence-electron chi connectivity index (χ2n) is 4.59. The van der Waals surface area contributed by atoms with Gasteiger partial charge in [-0.05, 0) is 31.1 Å². The van der Waals surface area contributed by atoms with Gasteiger partial charge in [0.05, 0.1) is 19.1 Å². The van der Waals surface area contributed by atoms with Crippen LogP contribution in [-0.2, 0) is 20.9 Å². The lowest BCUT2D eigenvalue weighted by atomic mass is 10.2. The molecule has 0 aromatic carbocycles. The normalized spacial score (nSPS) is 18.5. The van der Waals surface area contributed by atoms with E-state index >= 15 is 0 Å². The molecular formula is C14H17NO4S. The number of thiophene rings is 1. The molecule has 1 aliphatic rings. The standard InChI is InChI=1S/C14H17NO4S/c16-13(8-10-2-1-7-19-10)15-9-12-4-3-11(20-12)5-6-14(17)18/h3-6,10H,1-2,7-9H2,(H,15,16)(H,17,18). The van der Waals surface area contributed by atoms with E-state index in [0.29, 0.717) is 13.0 Å². The number of carboxylic acid groups (broad SMARTS) is 1. The van der Waals surface area contributed by atoms with E-state index in [-0.39, 0.29) is 12.0 Å². The molecule has 6 heteroatoms. The molecule has 0 aliphatic carbocycles. The average molecular weight is 295 g/mol. The van der Waals surface area contributed by atoms with E-state index < -0.39 is 5.97 Å². The lowest BCUT2D eigenvalue weighted by molar-refractivity contribution is -0.131. The molecule has 1 aliphatic heterocycles. The highest BCUT2D eigenvalue weighted by atomic mass is 32.1. The maximum absolute atomic E-state index is 11.7. The molecule has 2 heterocycles. The Hall–Kier alpha value is -1.66. The third kappa shape index (κ3) is 4.79. The molecule has 2 rings (SSSR count). The predicted octanol–water partition coefficient (Wildman–Crippen LogP) is 2.03. The molecule has 1 saturated heterocycles. The van der Waals surface area contributed by atoms with E-state index in [1.54, 1.807) is 6.08 Å². The van der Waals surface area contributed by atoms with Crippen LogP contribution in [-0.4, -0.2) is 29.7 Å². The van der Waals surface area contributed by atoms with Crippen LogP contribution < -0.4 is 5.32 Å². The first-order valence-corrected chi connectivity index (χ1v) is 7.33. The molecule has 1 fully saturated rings. The lowest BCUT2D eigenvalue weighted by Crippen LogP contribution is -2.26. The summed E-state index contributed by atoms with van der Waals surface area (Å²) in [4.78, 5) is 24.0. The van der Waals surface area contributed by atoms with Gasteiger partial charge in [-0.2, -0.15) is 0 Å². The number of carboxylic acids is 1. The summed E-state index contributed by atoms with van der Waals surface area (Å²) in [5.41, 5.74) is 0. The monoisotopic (exact) mass is 295 g/mol. The fraction of sp³-hybridized carbons (Fsp3) is 0.429. The molecule has 0 radical (unpaired) electrons. The van der Waals surface area contributed by atoms with Crippen molar-refractivity contribution >= 4 is 29.3 Å². The highest BCUT2D eigenvalue weighted by molar-refractivity contribution is 7.12. The van der Waals surface area contributed by atoms with Gasteiger partial charge in [-0.1, -0.05) is 0 Å². The Morgan fingerprint density at radius 3 is 3.05 bits per heavy atom. The number of carbonyl (C=O) groups excluding carboxylic acids is 1. The summed E-state index contributed by atoms with van der Waals surface area (Å²) < 4.78 is 5.41. The second kappa shape index (κ2) is 7.21. The van der Waals surface area contributed by atoms with Gasteiger partial charge in [0.1, 0.15) is 0 Å². The molecule has 0 spiro atoms. The smallest absolute Gasteiger partial charge is 0.328 e. The molecule has 1 unspecified atom stereocenters. The first kappa shape index (κ1) is 14.7. The molecule has 5 nitrogen and oxygen atoms in total. The van der Waals surface area contributed by atoms with E-state index in [4.69, 9.17) is 9.84 Å². The van der Waals surface area contributed by atoms with Crippen molar-refractivity contribution in [2.75, 3.05) is 6.61 Å². The van der Waals surface area contributed by atoms with Gasteiger partial charge in [-0.25, -0.2) is 4.79 Å². The van der Waals surface area contributed by atoms with E-state index in [9.17, 15) is 9.59 Å². The van der Waals surface area contributed by atoms with Crippen LogP contribution in [0.25, 0.3) is 6.08 Å². The van der Waals surface area contributed by atoms with E-state index in [2.05, 4.69) is 5.32 Å². The summed E-state index contributed by atoms with van der Waals surface area (Å²) in [6, 6.07) is 3.73. The van der Waals surface area contributed by atoms with Gasteiger partial charge in [0.15, 0.2) is 0 Å². The van der Waals surface area contributed by atoms with Gasteiger partial charge in [0, 0.05) is 22.4 Å². The number of nitrogens with one attached hydrogen (secondary N) is 1. The number of hydrogen-bond donors (Lipinski definition) is 2. The third-order valence-electron chi connectivity index (χ3n) is 2.97. The molecule has 0 bridgehead atoms. The van der Waals surface area contributed by atoms with Gasteiger partial charge in [0.2, 0.25) is 5.91 Å². The average Bonchev–Trinajstić information content (AvgIpc) is 3.05. The van der Waals surface area contributed by atoms with Crippen LogP contribution in [0.1, 0.15) is 29.0 Å². The van der Waals surface area contributed by atoms with Gasteiger partial charge in [0.25, 0.3) is 0 Å². The zero-order valence-corrected chi connectivity index (χ0v) is 11.8. The van der Waals surface area contributed by atoms with E-state index in [1.807, 2.05) is 12.1 Å².